The molecule has 1 aliphatic heterocycles. The van der Waals surface area contributed by atoms with E-state index in [9.17, 15) is 4.79 Å². The summed E-state index contributed by atoms with van der Waals surface area (Å²) in [4.78, 5) is 29.1. The van der Waals surface area contributed by atoms with Crippen LogP contribution < -0.4 is 15.4 Å². The monoisotopic (exact) mass is 509 g/mol. The van der Waals surface area contributed by atoms with E-state index >= 15 is 0 Å². The van der Waals surface area contributed by atoms with Gasteiger partial charge in [0, 0.05) is 31.0 Å². The average Bonchev–Trinajstić information content (AvgIpc) is 3.10. The lowest BCUT2D eigenvalue weighted by Crippen LogP contribution is -2.07. The molecule has 6 rings (SSSR count). The van der Waals surface area contributed by atoms with E-state index in [4.69, 9.17) is 16.3 Å². The van der Waals surface area contributed by atoms with E-state index in [2.05, 4.69) is 41.7 Å². The average molecular weight is 510 g/mol. The Balaban J connectivity index is 1.48. The standard InChI is InChI=1S/C27H20ClN7O2/c1-3-21(36)33-17-6-4-15(5-7-17)24-22-19-9-8-18(37-27-29-11-10-20(28)34-27)12-16(19)13-30-25-23(22)26(35(24)2)32-14-31-25/h3-12,14H,1,13H2,2H3,(H,33,36)(H,30,31,32). The van der Waals surface area contributed by atoms with Gasteiger partial charge in [0.25, 0.3) is 0 Å². The molecule has 1 aliphatic rings. The third-order valence-corrected chi connectivity index (χ3v) is 6.39. The molecule has 0 fully saturated rings. The smallest absolute Gasteiger partial charge is 0.323 e. The normalized spacial score (nSPS) is 11.8. The first-order chi connectivity index (χ1) is 18.0. The molecule has 5 aromatic rings. The summed E-state index contributed by atoms with van der Waals surface area (Å²) < 4.78 is 7.95. The van der Waals surface area contributed by atoms with Crippen molar-refractivity contribution in [3.8, 4) is 34.1 Å². The van der Waals surface area contributed by atoms with Crippen molar-refractivity contribution in [2.24, 2.45) is 7.05 Å². The van der Waals surface area contributed by atoms with Crippen LogP contribution in [-0.2, 0) is 18.4 Å². The van der Waals surface area contributed by atoms with Crippen molar-refractivity contribution < 1.29 is 9.53 Å². The first-order valence-electron chi connectivity index (χ1n) is 11.4. The Hall–Kier alpha value is -4.76. The molecule has 4 heterocycles. The van der Waals surface area contributed by atoms with Crippen LogP contribution in [0.4, 0.5) is 11.5 Å². The summed E-state index contributed by atoms with van der Waals surface area (Å²) in [7, 11) is 1.99. The number of benzene rings is 2. The molecule has 0 spiro atoms. The number of hydrogen-bond acceptors (Lipinski definition) is 7. The van der Waals surface area contributed by atoms with E-state index in [-0.39, 0.29) is 11.9 Å². The van der Waals surface area contributed by atoms with Crippen LogP contribution in [0, 0.1) is 0 Å². The Morgan fingerprint density at radius 2 is 2.00 bits per heavy atom. The fourth-order valence-corrected chi connectivity index (χ4v) is 4.70. The number of anilines is 2. The molecule has 9 nitrogen and oxygen atoms in total. The number of carbonyl (C=O) groups is 1. The van der Waals surface area contributed by atoms with Crippen LogP contribution in [0.15, 0.2) is 73.7 Å². The lowest BCUT2D eigenvalue weighted by atomic mass is 9.95. The molecule has 2 aromatic carbocycles. The minimum absolute atomic E-state index is 0.176. The van der Waals surface area contributed by atoms with Crippen LogP contribution in [0.1, 0.15) is 5.56 Å². The third kappa shape index (κ3) is 4.05. The third-order valence-electron chi connectivity index (χ3n) is 6.18. The Morgan fingerprint density at radius 3 is 2.78 bits per heavy atom. The van der Waals surface area contributed by atoms with Crippen molar-refractivity contribution in [3.63, 3.8) is 0 Å². The van der Waals surface area contributed by atoms with E-state index in [1.807, 2.05) is 49.5 Å². The number of aryl methyl sites for hydroxylation is 1. The Bertz CT molecular complexity index is 1700. The van der Waals surface area contributed by atoms with Crippen molar-refractivity contribution in [2.75, 3.05) is 10.6 Å². The lowest BCUT2D eigenvalue weighted by Gasteiger charge is -2.13. The number of ether oxygens (including phenoxy) is 1. The largest absolute Gasteiger partial charge is 0.424 e. The van der Waals surface area contributed by atoms with Gasteiger partial charge in [0.05, 0.1) is 11.1 Å². The first-order valence-corrected chi connectivity index (χ1v) is 11.8. The van der Waals surface area contributed by atoms with Crippen LogP contribution in [0.3, 0.4) is 0 Å². The minimum Gasteiger partial charge on any atom is -0.424 e. The zero-order chi connectivity index (χ0) is 25.5. The van der Waals surface area contributed by atoms with E-state index in [1.165, 1.54) is 6.08 Å². The predicted molar refractivity (Wildman–Crippen MR) is 143 cm³/mol. The predicted octanol–water partition coefficient (Wildman–Crippen LogP) is 5.59. The van der Waals surface area contributed by atoms with E-state index in [1.54, 1.807) is 18.6 Å². The maximum atomic E-state index is 11.7. The number of halogens is 1. The summed E-state index contributed by atoms with van der Waals surface area (Å²) in [6.07, 6.45) is 4.35. The topological polar surface area (TPSA) is 107 Å². The van der Waals surface area contributed by atoms with Gasteiger partial charge in [0.15, 0.2) is 0 Å². The molecule has 0 atom stereocenters. The highest BCUT2D eigenvalue weighted by molar-refractivity contribution is 6.29. The minimum atomic E-state index is -0.259. The van der Waals surface area contributed by atoms with Crippen LogP contribution in [0.2, 0.25) is 5.15 Å². The Kier molecular flexibility index (Phi) is 5.54. The molecule has 0 saturated carbocycles. The van der Waals surface area contributed by atoms with Crippen LogP contribution in [-0.4, -0.2) is 30.4 Å². The summed E-state index contributed by atoms with van der Waals surface area (Å²) in [6, 6.07) is 15.3. The van der Waals surface area contributed by atoms with E-state index in [0.29, 0.717) is 23.1 Å². The summed E-state index contributed by atoms with van der Waals surface area (Å²) in [5, 5.41) is 7.48. The molecule has 2 N–H and O–H groups in total. The van der Waals surface area contributed by atoms with Gasteiger partial charge in [-0.1, -0.05) is 36.4 Å². The molecule has 182 valence electrons. The molecule has 0 aliphatic carbocycles. The number of aromatic nitrogens is 5. The fourth-order valence-electron chi connectivity index (χ4n) is 4.57. The number of rotatable bonds is 5. The molecule has 0 unspecified atom stereocenters. The highest BCUT2D eigenvalue weighted by atomic mass is 35.5. The second-order valence-electron chi connectivity index (χ2n) is 8.41. The summed E-state index contributed by atoms with van der Waals surface area (Å²) in [6.45, 7) is 4.04. The molecule has 0 bridgehead atoms. The quantitative estimate of drug-likeness (QED) is 0.235. The number of nitrogens with zero attached hydrogens (tertiary/aromatic N) is 5. The molecule has 0 saturated heterocycles. The second-order valence-corrected chi connectivity index (χ2v) is 8.80. The van der Waals surface area contributed by atoms with Crippen molar-refractivity contribution in [1.29, 1.82) is 0 Å². The molecule has 10 heteroatoms. The fraction of sp³-hybridized carbons (Fsp3) is 0.0741. The summed E-state index contributed by atoms with van der Waals surface area (Å²) in [5.41, 5.74) is 6.51. The molecular formula is C27H20ClN7O2. The zero-order valence-corrected chi connectivity index (χ0v) is 20.5. The SMILES string of the molecule is C=CC(=O)Nc1ccc(-c2c3c4c(ncnc4n2C)NCc2cc(Oc4nccc(Cl)n4)ccc2-3)cc1. The van der Waals surface area contributed by atoms with Crippen molar-refractivity contribution in [3.05, 3.63) is 84.4 Å². The first kappa shape index (κ1) is 22.7. The summed E-state index contributed by atoms with van der Waals surface area (Å²) >= 11 is 5.98. The highest BCUT2D eigenvalue weighted by Gasteiger charge is 2.26. The molecule has 3 aromatic heterocycles. The van der Waals surface area contributed by atoms with E-state index in [0.717, 1.165) is 44.8 Å². The van der Waals surface area contributed by atoms with Gasteiger partial charge in [-0.25, -0.2) is 15.0 Å². The van der Waals surface area contributed by atoms with Crippen LogP contribution >= 0.6 is 11.6 Å². The van der Waals surface area contributed by atoms with Gasteiger partial charge in [-0.2, -0.15) is 4.98 Å². The zero-order valence-electron chi connectivity index (χ0n) is 19.7. The van der Waals surface area contributed by atoms with Crippen LogP contribution in [0.25, 0.3) is 33.4 Å². The van der Waals surface area contributed by atoms with Gasteiger partial charge < -0.3 is 19.9 Å². The molecule has 0 radical (unpaired) electrons. The van der Waals surface area contributed by atoms with Crippen molar-refractivity contribution >= 4 is 40.0 Å². The maximum absolute atomic E-state index is 11.7. The molecule has 37 heavy (non-hydrogen) atoms. The summed E-state index contributed by atoms with van der Waals surface area (Å²) in [5.74, 6) is 1.09. The number of amides is 1. The molecule has 1 amide bonds. The van der Waals surface area contributed by atoms with E-state index < -0.39 is 0 Å². The Labute approximate surface area is 216 Å². The van der Waals surface area contributed by atoms with Gasteiger partial charge in [-0.15, -0.1) is 0 Å². The Morgan fingerprint density at radius 1 is 1.16 bits per heavy atom. The maximum Gasteiger partial charge on any atom is 0.323 e. The number of carbonyl (C=O) groups excluding carboxylic acids is 1. The van der Waals surface area contributed by atoms with Crippen molar-refractivity contribution in [1.82, 2.24) is 24.5 Å². The van der Waals surface area contributed by atoms with Crippen LogP contribution in [0.5, 0.6) is 11.8 Å². The second kappa shape index (κ2) is 9.03. The van der Waals surface area contributed by atoms with Gasteiger partial charge in [0.2, 0.25) is 5.91 Å². The number of fused-ring (bicyclic) bond motifs is 2. The van der Waals surface area contributed by atoms with Gasteiger partial charge in [-0.3, -0.25) is 4.79 Å². The highest BCUT2D eigenvalue weighted by Crippen LogP contribution is 2.46. The van der Waals surface area contributed by atoms with Gasteiger partial charge in [0.1, 0.15) is 28.7 Å². The van der Waals surface area contributed by atoms with Gasteiger partial charge >= 0.3 is 6.01 Å². The number of hydrogen-bond donors (Lipinski definition) is 2. The molecular weight excluding hydrogens is 490 g/mol. The lowest BCUT2D eigenvalue weighted by molar-refractivity contribution is -0.111. The van der Waals surface area contributed by atoms with Gasteiger partial charge in [-0.05, 0) is 53.1 Å². The number of nitrogens with one attached hydrogen (secondary N) is 2. The van der Waals surface area contributed by atoms with Crippen molar-refractivity contribution in [2.45, 2.75) is 6.54 Å².